The van der Waals surface area contributed by atoms with Gasteiger partial charge in [-0.05, 0) is 75.7 Å². The molecule has 2 heterocycles. The molecule has 0 radical (unpaired) electrons. The van der Waals surface area contributed by atoms with E-state index in [0.717, 1.165) is 37.9 Å². The minimum absolute atomic E-state index is 0.0258. The van der Waals surface area contributed by atoms with Gasteiger partial charge < -0.3 is 20.9 Å². The lowest BCUT2D eigenvalue weighted by molar-refractivity contribution is 0.330. The molecule has 0 bridgehead atoms. The van der Waals surface area contributed by atoms with E-state index in [1.165, 1.54) is 48.7 Å². The topological polar surface area (TPSA) is 74.2 Å². The molecule has 2 aliphatic rings. The maximum absolute atomic E-state index is 12.2. The first-order valence-corrected chi connectivity index (χ1v) is 10.1. The molecule has 1 aliphatic carbocycles. The molecule has 5 heteroatoms. The number of pyridine rings is 1. The summed E-state index contributed by atoms with van der Waals surface area (Å²) in [6.07, 6.45) is 10.1. The zero-order valence-corrected chi connectivity index (χ0v) is 15.5. The van der Waals surface area contributed by atoms with Crippen molar-refractivity contribution in [1.82, 2.24) is 10.3 Å². The van der Waals surface area contributed by atoms with Crippen molar-refractivity contribution in [1.29, 1.82) is 0 Å². The van der Waals surface area contributed by atoms with E-state index in [2.05, 4.69) is 21.3 Å². The van der Waals surface area contributed by atoms with Crippen molar-refractivity contribution in [3.8, 4) is 0 Å². The van der Waals surface area contributed by atoms with E-state index < -0.39 is 0 Å². The number of nitrogens with one attached hydrogen (secondary N) is 2. The summed E-state index contributed by atoms with van der Waals surface area (Å²) in [5, 5.41) is 5.71. The standard InChI is InChI=1S/C21H30N4O/c22-11-1-2-12-23-16-6-8-17(9-7-16)25-13-10-15-14-24-21(26)18-4-3-5-19(25)20(15)18/h3-5,14,16-17,23H,1-2,6-13,22H2,(H,24,26). The van der Waals surface area contributed by atoms with Crippen LogP contribution >= 0.6 is 0 Å². The van der Waals surface area contributed by atoms with E-state index in [1.807, 2.05) is 18.3 Å². The van der Waals surface area contributed by atoms with E-state index in [-0.39, 0.29) is 5.56 Å². The fourth-order valence-electron chi connectivity index (χ4n) is 4.71. The summed E-state index contributed by atoms with van der Waals surface area (Å²) < 4.78 is 0. The van der Waals surface area contributed by atoms with Gasteiger partial charge in [0.05, 0.1) is 0 Å². The number of aromatic nitrogens is 1. The monoisotopic (exact) mass is 354 g/mol. The Balaban J connectivity index is 1.46. The van der Waals surface area contributed by atoms with Gasteiger partial charge >= 0.3 is 0 Å². The van der Waals surface area contributed by atoms with Crippen LogP contribution in [0.1, 0.15) is 44.1 Å². The molecular weight excluding hydrogens is 324 g/mol. The second-order valence-corrected chi connectivity index (χ2v) is 7.74. The number of H-pyrrole nitrogens is 1. The van der Waals surface area contributed by atoms with Crippen LogP contribution < -0.4 is 21.5 Å². The van der Waals surface area contributed by atoms with Gasteiger partial charge in [0.15, 0.2) is 0 Å². The summed E-state index contributed by atoms with van der Waals surface area (Å²) in [5.74, 6) is 0. The molecule has 4 rings (SSSR count). The highest BCUT2D eigenvalue weighted by Crippen LogP contribution is 2.36. The first-order chi connectivity index (χ1) is 12.8. The lowest BCUT2D eigenvalue weighted by atomic mass is 9.88. The number of nitrogens with two attached hydrogens (primary N) is 1. The molecule has 0 spiro atoms. The molecule has 0 atom stereocenters. The molecule has 1 fully saturated rings. The number of hydrogen-bond donors (Lipinski definition) is 3. The number of aromatic amines is 1. The Morgan fingerprint density at radius 1 is 1.19 bits per heavy atom. The molecule has 1 saturated carbocycles. The van der Waals surface area contributed by atoms with Crippen LogP contribution in [0.3, 0.4) is 0 Å². The molecule has 140 valence electrons. The van der Waals surface area contributed by atoms with Crippen LogP contribution in [0.25, 0.3) is 10.8 Å². The predicted octanol–water partition coefficient (Wildman–Crippen LogP) is 2.53. The van der Waals surface area contributed by atoms with Gasteiger partial charge in [0.1, 0.15) is 0 Å². The van der Waals surface area contributed by atoms with Crippen LogP contribution in [0.15, 0.2) is 29.2 Å². The Kier molecular flexibility index (Phi) is 5.27. The van der Waals surface area contributed by atoms with E-state index in [0.29, 0.717) is 12.1 Å². The van der Waals surface area contributed by atoms with Crippen LogP contribution in [0.5, 0.6) is 0 Å². The van der Waals surface area contributed by atoms with E-state index >= 15 is 0 Å². The molecule has 26 heavy (non-hydrogen) atoms. The van der Waals surface area contributed by atoms with Crippen molar-refractivity contribution in [2.75, 3.05) is 24.5 Å². The average Bonchev–Trinajstić information content (AvgIpc) is 2.69. The second kappa shape index (κ2) is 7.80. The Labute approximate surface area is 155 Å². The molecule has 5 nitrogen and oxygen atoms in total. The van der Waals surface area contributed by atoms with E-state index in [1.54, 1.807) is 0 Å². The highest BCUT2D eigenvalue weighted by Gasteiger charge is 2.29. The maximum Gasteiger partial charge on any atom is 0.255 e. The minimum atomic E-state index is 0.0258. The molecule has 0 amide bonds. The summed E-state index contributed by atoms with van der Waals surface area (Å²) in [6.45, 7) is 2.93. The summed E-state index contributed by atoms with van der Waals surface area (Å²) in [7, 11) is 0. The molecule has 4 N–H and O–H groups in total. The van der Waals surface area contributed by atoms with E-state index in [9.17, 15) is 4.79 Å². The van der Waals surface area contributed by atoms with Crippen LogP contribution in [0, 0.1) is 0 Å². The fraction of sp³-hybridized carbons (Fsp3) is 0.571. The molecule has 0 unspecified atom stereocenters. The quantitative estimate of drug-likeness (QED) is 0.697. The lowest BCUT2D eigenvalue weighted by Crippen LogP contribution is -2.44. The highest BCUT2D eigenvalue weighted by molar-refractivity contribution is 5.97. The molecule has 2 aromatic rings. The number of nitrogens with zero attached hydrogens (tertiary/aromatic N) is 1. The van der Waals surface area contributed by atoms with Crippen molar-refractivity contribution in [3.63, 3.8) is 0 Å². The molecule has 1 aromatic heterocycles. The smallest absolute Gasteiger partial charge is 0.255 e. The van der Waals surface area contributed by atoms with Crippen molar-refractivity contribution in [2.45, 2.75) is 57.0 Å². The van der Waals surface area contributed by atoms with Gasteiger partial charge in [-0.2, -0.15) is 0 Å². The third kappa shape index (κ3) is 3.38. The fourth-order valence-corrected chi connectivity index (χ4v) is 4.71. The van der Waals surface area contributed by atoms with Crippen molar-refractivity contribution >= 4 is 16.5 Å². The molecule has 1 aliphatic heterocycles. The summed E-state index contributed by atoms with van der Waals surface area (Å²) >= 11 is 0. The number of hydrogen-bond acceptors (Lipinski definition) is 4. The Morgan fingerprint density at radius 2 is 2.04 bits per heavy atom. The van der Waals surface area contributed by atoms with Crippen molar-refractivity contribution in [2.24, 2.45) is 5.73 Å². The van der Waals surface area contributed by atoms with Crippen LogP contribution in [-0.2, 0) is 6.42 Å². The highest BCUT2D eigenvalue weighted by atomic mass is 16.1. The average molecular weight is 354 g/mol. The first kappa shape index (κ1) is 17.6. The number of unbranched alkanes of at least 4 members (excludes halogenated alkanes) is 1. The predicted molar refractivity (Wildman–Crippen MR) is 108 cm³/mol. The van der Waals surface area contributed by atoms with Gasteiger partial charge in [0.25, 0.3) is 5.56 Å². The van der Waals surface area contributed by atoms with Gasteiger partial charge in [-0.15, -0.1) is 0 Å². The molecule has 1 aromatic carbocycles. The van der Waals surface area contributed by atoms with Gasteiger partial charge in [0, 0.05) is 41.3 Å². The largest absolute Gasteiger partial charge is 0.368 e. The lowest BCUT2D eigenvalue weighted by Gasteiger charge is -2.41. The third-order valence-electron chi connectivity index (χ3n) is 6.12. The van der Waals surface area contributed by atoms with Gasteiger partial charge in [0.2, 0.25) is 0 Å². The molecular formula is C21H30N4O. The van der Waals surface area contributed by atoms with Gasteiger partial charge in [-0.3, -0.25) is 4.79 Å². The Bertz CT molecular complexity index is 807. The van der Waals surface area contributed by atoms with Gasteiger partial charge in [-0.1, -0.05) is 6.07 Å². The van der Waals surface area contributed by atoms with Gasteiger partial charge in [-0.25, -0.2) is 0 Å². The second-order valence-electron chi connectivity index (χ2n) is 7.74. The normalized spacial score (nSPS) is 22.7. The zero-order chi connectivity index (χ0) is 17.9. The number of anilines is 1. The third-order valence-corrected chi connectivity index (χ3v) is 6.12. The molecule has 0 saturated heterocycles. The van der Waals surface area contributed by atoms with E-state index in [4.69, 9.17) is 5.73 Å². The minimum Gasteiger partial charge on any atom is -0.368 e. The maximum atomic E-state index is 12.2. The van der Waals surface area contributed by atoms with Crippen molar-refractivity contribution < 1.29 is 0 Å². The Morgan fingerprint density at radius 3 is 2.85 bits per heavy atom. The SMILES string of the molecule is NCCCCNC1CCC(N2CCc3c[nH]c(=O)c4cccc2c34)CC1. The van der Waals surface area contributed by atoms with Crippen molar-refractivity contribution in [3.05, 3.63) is 40.3 Å². The van der Waals surface area contributed by atoms with Crippen LogP contribution in [0.2, 0.25) is 0 Å². The zero-order valence-electron chi connectivity index (χ0n) is 15.5. The number of rotatable bonds is 6. The van der Waals surface area contributed by atoms with Crippen LogP contribution in [0.4, 0.5) is 5.69 Å². The van der Waals surface area contributed by atoms with Crippen LogP contribution in [-0.4, -0.2) is 36.7 Å². The summed E-state index contributed by atoms with van der Waals surface area (Å²) in [4.78, 5) is 17.7. The first-order valence-electron chi connectivity index (χ1n) is 10.1. The summed E-state index contributed by atoms with van der Waals surface area (Å²) in [6, 6.07) is 7.42. The Hall–Kier alpha value is -1.85. The number of benzene rings is 1. The summed E-state index contributed by atoms with van der Waals surface area (Å²) in [5.41, 5.74) is 8.13.